The van der Waals surface area contributed by atoms with Gasteiger partial charge in [-0.2, -0.15) is 0 Å². The lowest BCUT2D eigenvalue weighted by Crippen LogP contribution is -2.42. The average Bonchev–Trinajstić information content (AvgIpc) is 2.64. The van der Waals surface area contributed by atoms with Crippen LogP contribution in [0.15, 0.2) is 24.3 Å². The molecule has 8 heteroatoms. The number of carbonyl (C=O) groups is 1. The first-order chi connectivity index (χ1) is 12.4. The molecule has 1 amide bonds. The number of para-hydroxylation sites is 2. The van der Waals surface area contributed by atoms with Crippen LogP contribution in [0.3, 0.4) is 0 Å². The second kappa shape index (κ2) is 9.46. The summed E-state index contributed by atoms with van der Waals surface area (Å²) in [6.45, 7) is 1.20. The van der Waals surface area contributed by atoms with Gasteiger partial charge in [0, 0.05) is 19.0 Å². The van der Waals surface area contributed by atoms with E-state index in [9.17, 15) is 13.2 Å². The van der Waals surface area contributed by atoms with Gasteiger partial charge in [0.1, 0.15) is 6.61 Å². The number of ether oxygens (including phenoxy) is 2. The number of hydrogen-bond acceptors (Lipinski definition) is 5. The molecule has 2 rings (SSSR count). The molecule has 0 aliphatic carbocycles. The van der Waals surface area contributed by atoms with Crippen LogP contribution in [0.1, 0.15) is 12.8 Å². The third kappa shape index (κ3) is 5.93. The van der Waals surface area contributed by atoms with Crippen molar-refractivity contribution in [2.24, 2.45) is 5.92 Å². The number of hydrogen-bond donors (Lipinski definition) is 1. The second-order valence-electron chi connectivity index (χ2n) is 5.95. The van der Waals surface area contributed by atoms with Gasteiger partial charge < -0.3 is 14.8 Å². The molecule has 0 unspecified atom stereocenters. The standard InChI is InChI=1S/C18H24N2O5S/c1-24-16-7-3-4-8-17(16)25-14-6-5-11-19-18(21)15-9-12-20(13-10-15)26(2,22)23/h3-4,7-8,15H,9-14H2,1-2H3,(H,19,21). The summed E-state index contributed by atoms with van der Waals surface area (Å²) < 4.78 is 35.0. The number of carbonyl (C=O) groups excluding carboxylic acids is 1. The van der Waals surface area contributed by atoms with Crippen LogP contribution in [0, 0.1) is 17.8 Å². The maximum absolute atomic E-state index is 12.1. The summed E-state index contributed by atoms with van der Waals surface area (Å²) in [5.41, 5.74) is 0. The van der Waals surface area contributed by atoms with Crippen molar-refractivity contribution in [3.05, 3.63) is 24.3 Å². The van der Waals surface area contributed by atoms with E-state index in [1.807, 2.05) is 12.1 Å². The Balaban J connectivity index is 1.69. The van der Waals surface area contributed by atoms with E-state index < -0.39 is 10.0 Å². The summed E-state index contributed by atoms with van der Waals surface area (Å²) >= 11 is 0. The first kappa shape index (κ1) is 20.1. The van der Waals surface area contributed by atoms with Gasteiger partial charge in [0.25, 0.3) is 0 Å². The maximum Gasteiger partial charge on any atom is 0.223 e. The van der Waals surface area contributed by atoms with Crippen LogP contribution in [-0.2, 0) is 14.8 Å². The first-order valence-electron chi connectivity index (χ1n) is 8.36. The van der Waals surface area contributed by atoms with Gasteiger partial charge in [-0.15, -0.1) is 0 Å². The number of benzene rings is 1. The molecule has 142 valence electrons. The lowest BCUT2D eigenvalue weighted by Gasteiger charge is -2.29. The molecule has 1 N–H and O–H groups in total. The lowest BCUT2D eigenvalue weighted by molar-refractivity contribution is -0.125. The zero-order valence-corrected chi connectivity index (χ0v) is 15.8. The number of nitrogens with zero attached hydrogens (tertiary/aromatic N) is 1. The summed E-state index contributed by atoms with van der Waals surface area (Å²) in [5.74, 6) is 6.69. The molecule has 26 heavy (non-hydrogen) atoms. The van der Waals surface area contributed by atoms with Crippen molar-refractivity contribution in [3.63, 3.8) is 0 Å². The largest absolute Gasteiger partial charge is 0.493 e. The summed E-state index contributed by atoms with van der Waals surface area (Å²) in [7, 11) is -1.60. The van der Waals surface area contributed by atoms with Crippen LogP contribution in [0.2, 0.25) is 0 Å². The highest BCUT2D eigenvalue weighted by molar-refractivity contribution is 7.88. The zero-order chi connectivity index (χ0) is 19.0. The molecule has 0 saturated carbocycles. The van der Waals surface area contributed by atoms with Gasteiger partial charge in [-0.05, 0) is 25.0 Å². The van der Waals surface area contributed by atoms with E-state index in [1.165, 1.54) is 10.6 Å². The van der Waals surface area contributed by atoms with Crippen molar-refractivity contribution in [2.45, 2.75) is 12.8 Å². The van der Waals surface area contributed by atoms with Gasteiger partial charge in [0.2, 0.25) is 15.9 Å². The van der Waals surface area contributed by atoms with E-state index in [4.69, 9.17) is 9.47 Å². The third-order valence-corrected chi connectivity index (χ3v) is 5.44. The molecular weight excluding hydrogens is 356 g/mol. The van der Waals surface area contributed by atoms with Crippen molar-refractivity contribution in [3.8, 4) is 23.3 Å². The van der Waals surface area contributed by atoms with Gasteiger partial charge in [-0.1, -0.05) is 24.0 Å². The molecule has 1 aliphatic heterocycles. The van der Waals surface area contributed by atoms with Crippen LogP contribution >= 0.6 is 0 Å². The fourth-order valence-electron chi connectivity index (χ4n) is 2.69. The van der Waals surface area contributed by atoms with E-state index in [0.717, 1.165) is 0 Å². The number of nitrogens with one attached hydrogen (secondary N) is 1. The Morgan fingerprint density at radius 3 is 2.50 bits per heavy atom. The fourth-order valence-corrected chi connectivity index (χ4v) is 3.56. The summed E-state index contributed by atoms with van der Waals surface area (Å²) in [6.07, 6.45) is 2.25. The quantitative estimate of drug-likeness (QED) is 0.740. The molecule has 0 radical (unpaired) electrons. The number of methoxy groups -OCH3 is 1. The van der Waals surface area contributed by atoms with E-state index in [0.29, 0.717) is 37.4 Å². The molecule has 0 aromatic heterocycles. The van der Waals surface area contributed by atoms with Crippen molar-refractivity contribution >= 4 is 15.9 Å². The maximum atomic E-state index is 12.1. The molecule has 1 heterocycles. The first-order valence-corrected chi connectivity index (χ1v) is 10.2. The summed E-state index contributed by atoms with van der Waals surface area (Å²) in [6, 6.07) is 7.30. The molecular formula is C18H24N2O5S. The van der Waals surface area contributed by atoms with Crippen LogP contribution in [0.25, 0.3) is 0 Å². The van der Waals surface area contributed by atoms with Crippen molar-refractivity contribution < 1.29 is 22.7 Å². The zero-order valence-electron chi connectivity index (χ0n) is 15.0. The molecule has 1 fully saturated rings. The predicted octanol–water partition coefficient (Wildman–Crippen LogP) is 0.865. The third-order valence-electron chi connectivity index (χ3n) is 4.14. The van der Waals surface area contributed by atoms with Gasteiger partial charge in [0.15, 0.2) is 11.5 Å². The van der Waals surface area contributed by atoms with Crippen LogP contribution < -0.4 is 14.8 Å². The van der Waals surface area contributed by atoms with Crippen LogP contribution in [-0.4, -0.2) is 58.2 Å². The Hall–Kier alpha value is -2.24. The average molecular weight is 380 g/mol. The Labute approximate surface area is 154 Å². The smallest absolute Gasteiger partial charge is 0.223 e. The van der Waals surface area contributed by atoms with E-state index in [1.54, 1.807) is 19.2 Å². The minimum absolute atomic E-state index is 0.0851. The molecule has 1 aromatic carbocycles. The normalized spacial score (nSPS) is 15.6. The number of sulfonamides is 1. The lowest BCUT2D eigenvalue weighted by atomic mass is 9.97. The molecule has 0 bridgehead atoms. The van der Waals surface area contributed by atoms with Crippen molar-refractivity contribution in [1.82, 2.24) is 9.62 Å². The summed E-state index contributed by atoms with van der Waals surface area (Å²) in [4.78, 5) is 12.1. The van der Waals surface area contributed by atoms with E-state index in [-0.39, 0.29) is 25.0 Å². The Kier molecular flexibility index (Phi) is 7.30. The van der Waals surface area contributed by atoms with Crippen LogP contribution in [0.4, 0.5) is 0 Å². The monoisotopic (exact) mass is 380 g/mol. The van der Waals surface area contributed by atoms with Crippen LogP contribution in [0.5, 0.6) is 11.5 Å². The SMILES string of the molecule is COc1ccccc1OCC#CCNC(=O)C1CCN(S(C)(=O)=O)CC1. The second-order valence-corrected chi connectivity index (χ2v) is 7.93. The number of rotatable bonds is 6. The van der Waals surface area contributed by atoms with Gasteiger partial charge in [0.05, 0.1) is 19.9 Å². The Bertz CT molecular complexity index is 774. The van der Waals surface area contributed by atoms with E-state index >= 15 is 0 Å². The van der Waals surface area contributed by atoms with Crippen molar-refractivity contribution in [2.75, 3.05) is 39.6 Å². The number of piperidine rings is 1. The highest BCUT2D eigenvalue weighted by atomic mass is 32.2. The van der Waals surface area contributed by atoms with Gasteiger partial charge >= 0.3 is 0 Å². The topological polar surface area (TPSA) is 84.9 Å². The predicted molar refractivity (Wildman–Crippen MR) is 98.4 cm³/mol. The van der Waals surface area contributed by atoms with Crippen molar-refractivity contribution in [1.29, 1.82) is 0 Å². The molecule has 7 nitrogen and oxygen atoms in total. The summed E-state index contributed by atoms with van der Waals surface area (Å²) in [5, 5.41) is 2.77. The highest BCUT2D eigenvalue weighted by Gasteiger charge is 2.28. The molecule has 1 saturated heterocycles. The Morgan fingerprint density at radius 1 is 1.23 bits per heavy atom. The molecule has 1 aliphatic rings. The van der Waals surface area contributed by atoms with E-state index in [2.05, 4.69) is 17.2 Å². The highest BCUT2D eigenvalue weighted by Crippen LogP contribution is 2.25. The Morgan fingerprint density at radius 2 is 1.88 bits per heavy atom. The molecule has 0 atom stereocenters. The molecule has 0 spiro atoms. The minimum Gasteiger partial charge on any atom is -0.493 e. The fraction of sp³-hybridized carbons (Fsp3) is 0.500. The number of amides is 1. The van der Waals surface area contributed by atoms with Gasteiger partial charge in [-0.3, -0.25) is 4.79 Å². The molecule has 1 aromatic rings. The minimum atomic E-state index is -3.17. The van der Waals surface area contributed by atoms with Gasteiger partial charge in [-0.25, -0.2) is 12.7 Å².